The van der Waals surface area contributed by atoms with Crippen molar-refractivity contribution in [3.8, 4) is 0 Å². The van der Waals surface area contributed by atoms with Crippen molar-refractivity contribution in [1.82, 2.24) is 5.32 Å². The summed E-state index contributed by atoms with van der Waals surface area (Å²) < 4.78 is 0. The van der Waals surface area contributed by atoms with Crippen molar-refractivity contribution in [2.45, 2.75) is 103 Å². The van der Waals surface area contributed by atoms with Gasteiger partial charge in [0.15, 0.2) is 0 Å². The number of amides is 1. The Balaban J connectivity index is -0.00000392. The van der Waals surface area contributed by atoms with Gasteiger partial charge < -0.3 is 25.1 Å². The number of allylic oxidation sites excluding steroid dienone is 4. The maximum atomic E-state index is 11.8. The minimum atomic E-state index is -1.47. The molecule has 0 aromatic carbocycles. The Labute approximate surface area is 232 Å². The van der Waals surface area contributed by atoms with Gasteiger partial charge in [-0.25, -0.2) is 0 Å². The molecule has 0 aromatic rings. The van der Waals surface area contributed by atoms with Crippen LogP contribution in [0.4, 0.5) is 0 Å². The number of hydrogen-bond donors (Lipinski definition) is 1. The third-order valence-corrected chi connectivity index (χ3v) is 4.61. The number of carboxylic acid groups (broad SMARTS) is 2. The molecule has 1 amide bonds. The number of carbonyl (C=O) groups is 3. The van der Waals surface area contributed by atoms with Gasteiger partial charge in [0.1, 0.15) is 0 Å². The van der Waals surface area contributed by atoms with Gasteiger partial charge in [0.05, 0.1) is 12.0 Å². The van der Waals surface area contributed by atoms with Gasteiger partial charge in [0.25, 0.3) is 0 Å². The van der Waals surface area contributed by atoms with E-state index in [1.54, 1.807) is 0 Å². The van der Waals surface area contributed by atoms with E-state index >= 15 is 0 Å². The Morgan fingerprint density at radius 1 is 0.774 bits per heavy atom. The van der Waals surface area contributed by atoms with E-state index in [2.05, 4.69) is 36.5 Å². The summed E-state index contributed by atoms with van der Waals surface area (Å²) in [6.07, 6.45) is 20.4. The zero-order chi connectivity index (χ0) is 21.7. The van der Waals surface area contributed by atoms with Crippen molar-refractivity contribution in [1.29, 1.82) is 0 Å². The van der Waals surface area contributed by atoms with E-state index in [4.69, 9.17) is 0 Å². The molecule has 166 valence electrons. The molecule has 0 aliphatic carbocycles. The van der Waals surface area contributed by atoms with Crippen LogP contribution in [0.15, 0.2) is 24.3 Å². The molecule has 6 nitrogen and oxygen atoms in total. The van der Waals surface area contributed by atoms with E-state index in [1.807, 2.05) is 0 Å². The first-order valence-corrected chi connectivity index (χ1v) is 11.0. The summed E-state index contributed by atoms with van der Waals surface area (Å²) in [5.74, 6) is -3.21. The quantitative estimate of drug-likeness (QED) is 0.124. The second kappa shape index (κ2) is 26.1. The Morgan fingerprint density at radius 3 is 1.87 bits per heavy atom. The van der Waals surface area contributed by atoms with Crippen LogP contribution in [0.5, 0.6) is 0 Å². The molecule has 0 aromatic heterocycles. The van der Waals surface area contributed by atoms with Crippen LogP contribution in [-0.2, 0) is 14.4 Å². The monoisotopic (exact) mass is 453 g/mol. The van der Waals surface area contributed by atoms with E-state index in [-0.39, 0.29) is 77.9 Å². The minimum absolute atomic E-state index is 0. The summed E-state index contributed by atoms with van der Waals surface area (Å²) in [5, 5.41) is 23.6. The molecule has 0 saturated heterocycles. The average molecular weight is 454 g/mol. The predicted octanol–water partition coefficient (Wildman–Crippen LogP) is -3.43. The molecule has 0 aliphatic heterocycles. The van der Waals surface area contributed by atoms with Gasteiger partial charge in [0, 0.05) is 12.4 Å². The van der Waals surface area contributed by atoms with Crippen LogP contribution in [0.2, 0.25) is 0 Å². The second-order valence-electron chi connectivity index (χ2n) is 7.33. The van der Waals surface area contributed by atoms with Crippen LogP contribution >= 0.6 is 0 Å². The molecular formula is C23H37NNa2O5. The number of carbonyl (C=O) groups excluding carboxylic acids is 3. The molecule has 0 fully saturated rings. The normalized spacial score (nSPS) is 11.6. The molecule has 0 bridgehead atoms. The van der Waals surface area contributed by atoms with Crippen LogP contribution in [0.1, 0.15) is 96.8 Å². The van der Waals surface area contributed by atoms with E-state index < -0.39 is 24.4 Å². The molecule has 0 saturated carbocycles. The van der Waals surface area contributed by atoms with Crippen molar-refractivity contribution < 1.29 is 83.7 Å². The van der Waals surface area contributed by atoms with Crippen molar-refractivity contribution in [3.05, 3.63) is 24.3 Å². The smallest absolute Gasteiger partial charge is 0.550 e. The SMILES string of the molecule is CCCCC/C=C\C/C=C\CCCCCCCC(=O)N[C@@H](CCC(=O)[O-])C(=O)[O-].[Na+].[Na+]. The maximum Gasteiger partial charge on any atom is 1.00 e. The summed E-state index contributed by atoms with van der Waals surface area (Å²) in [4.78, 5) is 33.1. The Morgan fingerprint density at radius 2 is 1.32 bits per heavy atom. The van der Waals surface area contributed by atoms with Gasteiger partial charge in [-0.15, -0.1) is 0 Å². The zero-order valence-electron chi connectivity index (χ0n) is 19.8. The van der Waals surface area contributed by atoms with Crippen molar-refractivity contribution >= 4 is 17.8 Å². The molecule has 0 spiro atoms. The number of hydrogen-bond acceptors (Lipinski definition) is 5. The fraction of sp³-hybridized carbons (Fsp3) is 0.696. The number of aliphatic carboxylic acids is 2. The first kappa shape index (κ1) is 35.5. The third-order valence-electron chi connectivity index (χ3n) is 4.61. The van der Waals surface area contributed by atoms with Crippen molar-refractivity contribution in [2.24, 2.45) is 0 Å². The van der Waals surface area contributed by atoms with Crippen LogP contribution in [0.3, 0.4) is 0 Å². The van der Waals surface area contributed by atoms with Crippen molar-refractivity contribution in [2.75, 3.05) is 0 Å². The Hall–Kier alpha value is -0.110. The van der Waals surface area contributed by atoms with E-state index in [9.17, 15) is 24.6 Å². The maximum absolute atomic E-state index is 11.8. The van der Waals surface area contributed by atoms with Gasteiger partial charge in [-0.05, 0) is 51.4 Å². The van der Waals surface area contributed by atoms with Gasteiger partial charge in [-0.3, -0.25) is 4.79 Å². The standard InChI is InChI=1S/C23H39NO5.2Na/c1-2-3-4-5-6-7-8-9-10-11-12-13-14-15-16-17-21(25)24-20(23(28)29)18-19-22(26)27;;/h6-7,9-10,20H,2-5,8,11-19H2,1H3,(H,24,25)(H,26,27)(H,28,29);;/q;2*+1/p-2/b7-6-,10-9-;;/t20-;;/m0../s1. The molecule has 0 aliphatic rings. The van der Waals surface area contributed by atoms with E-state index in [1.165, 1.54) is 25.7 Å². The molecule has 0 rings (SSSR count). The fourth-order valence-corrected chi connectivity index (χ4v) is 2.87. The molecule has 31 heavy (non-hydrogen) atoms. The number of unbranched alkanes of at least 4 members (excludes halogenated alkanes) is 8. The number of nitrogens with one attached hydrogen (secondary N) is 1. The summed E-state index contributed by atoms with van der Waals surface area (Å²) in [7, 11) is 0. The van der Waals surface area contributed by atoms with Gasteiger partial charge in [-0.1, -0.05) is 63.3 Å². The second-order valence-corrected chi connectivity index (χ2v) is 7.33. The molecular weight excluding hydrogens is 416 g/mol. The Kier molecular flexibility index (Phi) is 29.9. The third kappa shape index (κ3) is 26.0. The molecule has 0 radical (unpaired) electrons. The van der Waals surface area contributed by atoms with Gasteiger partial charge in [0.2, 0.25) is 5.91 Å². The van der Waals surface area contributed by atoms with Crippen LogP contribution in [-0.4, -0.2) is 23.9 Å². The Bertz CT molecular complexity index is 524. The first-order chi connectivity index (χ1) is 14.0. The van der Waals surface area contributed by atoms with Crippen molar-refractivity contribution in [3.63, 3.8) is 0 Å². The minimum Gasteiger partial charge on any atom is -0.550 e. The van der Waals surface area contributed by atoms with Crippen LogP contribution < -0.4 is 74.6 Å². The molecule has 1 atom stereocenters. The van der Waals surface area contributed by atoms with Gasteiger partial charge >= 0.3 is 59.1 Å². The number of carboxylic acids is 2. The predicted molar refractivity (Wildman–Crippen MR) is 111 cm³/mol. The topological polar surface area (TPSA) is 109 Å². The molecule has 8 heteroatoms. The van der Waals surface area contributed by atoms with Gasteiger partial charge in [-0.2, -0.15) is 0 Å². The molecule has 0 unspecified atom stereocenters. The van der Waals surface area contributed by atoms with Crippen LogP contribution in [0.25, 0.3) is 0 Å². The molecule has 0 heterocycles. The summed E-state index contributed by atoms with van der Waals surface area (Å²) in [6, 6.07) is -1.28. The molecule has 1 N–H and O–H groups in total. The van der Waals surface area contributed by atoms with Crippen LogP contribution in [0, 0.1) is 0 Å². The van der Waals surface area contributed by atoms with E-state index in [0.717, 1.165) is 38.5 Å². The number of rotatable bonds is 19. The largest absolute Gasteiger partial charge is 1.00 e. The first-order valence-electron chi connectivity index (χ1n) is 11.0. The summed E-state index contributed by atoms with van der Waals surface area (Å²) >= 11 is 0. The summed E-state index contributed by atoms with van der Waals surface area (Å²) in [5.41, 5.74) is 0. The summed E-state index contributed by atoms with van der Waals surface area (Å²) in [6.45, 7) is 2.21. The zero-order valence-corrected chi connectivity index (χ0v) is 23.8. The average Bonchev–Trinajstić information content (AvgIpc) is 2.67. The fourth-order valence-electron chi connectivity index (χ4n) is 2.87. The van der Waals surface area contributed by atoms with E-state index in [0.29, 0.717) is 6.42 Å².